The van der Waals surface area contributed by atoms with E-state index in [9.17, 15) is 47.0 Å². The number of rotatable bonds is 13. The molecule has 2 unspecified atom stereocenters. The van der Waals surface area contributed by atoms with Crippen LogP contribution in [0.4, 0.5) is 18.0 Å². The Labute approximate surface area is 290 Å². The molecule has 5 amide bonds. The van der Waals surface area contributed by atoms with Gasteiger partial charge < -0.3 is 39.9 Å². The summed E-state index contributed by atoms with van der Waals surface area (Å²) in [7, 11) is 0. The molecule has 3 N–H and O–H groups in total. The predicted octanol–water partition coefficient (Wildman–Crippen LogP) is 1.57. The first kappa shape index (κ1) is 38.4. The van der Waals surface area contributed by atoms with Crippen molar-refractivity contribution in [3.05, 3.63) is 42.1 Å². The third-order valence-corrected chi connectivity index (χ3v) is 8.22. The van der Waals surface area contributed by atoms with Crippen LogP contribution in [0, 0.1) is 0 Å². The van der Waals surface area contributed by atoms with Crippen LogP contribution in [0.15, 0.2) is 36.4 Å². The maximum absolute atomic E-state index is 13.5. The molecule has 0 saturated carbocycles. The summed E-state index contributed by atoms with van der Waals surface area (Å²) in [5.41, 5.74) is 0.189. The molecule has 19 heteroatoms. The van der Waals surface area contributed by atoms with E-state index in [2.05, 4.69) is 10.4 Å². The molecule has 3 heterocycles. The number of carbonyl (C=O) groups is 6. The lowest BCUT2D eigenvalue weighted by Gasteiger charge is -2.35. The molecular weight excluding hydrogens is 683 g/mol. The number of halogens is 3. The van der Waals surface area contributed by atoms with E-state index in [1.54, 1.807) is 37.3 Å². The number of benzene rings is 1. The third kappa shape index (κ3) is 10.3. The van der Waals surface area contributed by atoms with E-state index in [0.717, 1.165) is 4.90 Å². The van der Waals surface area contributed by atoms with Gasteiger partial charge in [-0.2, -0.15) is 18.3 Å². The summed E-state index contributed by atoms with van der Waals surface area (Å²) in [5.74, 6) is -4.27. The lowest BCUT2D eigenvalue weighted by atomic mass is 10.1. The second-order valence-electron chi connectivity index (χ2n) is 11.9. The fourth-order valence-electron chi connectivity index (χ4n) is 5.69. The Morgan fingerprint density at radius 1 is 1.00 bits per heavy atom. The zero-order valence-corrected chi connectivity index (χ0v) is 28.1. The Bertz CT molecular complexity index is 1580. The van der Waals surface area contributed by atoms with Crippen LogP contribution in [0.5, 0.6) is 5.88 Å². The van der Waals surface area contributed by atoms with Gasteiger partial charge in [-0.25, -0.2) is 9.48 Å². The van der Waals surface area contributed by atoms with Crippen LogP contribution in [-0.2, 0) is 23.9 Å². The number of carbonyl (C=O) groups excluding carboxylic acids is 5. The number of likely N-dealkylation sites (tertiary alicyclic amines) is 1. The van der Waals surface area contributed by atoms with Crippen LogP contribution in [0.1, 0.15) is 50.0 Å². The molecular formula is C32H40F3N7O9. The average molecular weight is 724 g/mol. The highest BCUT2D eigenvalue weighted by atomic mass is 19.4. The molecule has 2 aliphatic heterocycles. The zero-order chi connectivity index (χ0) is 37.3. The number of nitrogens with zero attached hydrogens (tertiary/aromatic N) is 5. The van der Waals surface area contributed by atoms with Crippen molar-refractivity contribution in [2.75, 3.05) is 45.9 Å². The van der Waals surface area contributed by atoms with Gasteiger partial charge in [0.15, 0.2) is 11.8 Å². The molecule has 2 aliphatic rings. The second kappa shape index (κ2) is 17.0. The third-order valence-electron chi connectivity index (χ3n) is 8.22. The Morgan fingerprint density at radius 3 is 2.29 bits per heavy atom. The molecule has 3 atom stereocenters. The first-order chi connectivity index (χ1) is 24.2. The number of hydrogen-bond acceptors (Lipinski definition) is 9. The number of aliphatic carboxylic acids is 1. The van der Waals surface area contributed by atoms with Crippen molar-refractivity contribution in [1.29, 1.82) is 0 Å². The Morgan fingerprint density at radius 2 is 1.67 bits per heavy atom. The maximum atomic E-state index is 13.5. The Hall–Kier alpha value is -5.36. The summed E-state index contributed by atoms with van der Waals surface area (Å²) in [6, 6.07) is 7.23. The highest BCUT2D eigenvalue weighted by Gasteiger charge is 2.39. The fraction of sp³-hybridized carbons (Fsp3) is 0.531. The first-order valence-electron chi connectivity index (χ1n) is 16.4. The molecule has 0 spiro atoms. The molecule has 1 aromatic carbocycles. The molecule has 278 valence electrons. The number of hydrogen-bond donors (Lipinski definition) is 3. The van der Waals surface area contributed by atoms with Gasteiger partial charge in [0.1, 0.15) is 18.6 Å². The van der Waals surface area contributed by atoms with Crippen molar-refractivity contribution in [2.24, 2.45) is 0 Å². The van der Waals surface area contributed by atoms with Crippen LogP contribution in [0.2, 0.25) is 0 Å². The summed E-state index contributed by atoms with van der Waals surface area (Å²) >= 11 is 0. The van der Waals surface area contributed by atoms with E-state index in [4.69, 9.17) is 9.47 Å². The van der Waals surface area contributed by atoms with Crippen LogP contribution in [0.25, 0.3) is 5.69 Å². The lowest BCUT2D eigenvalue weighted by molar-refractivity contribution is -0.147. The number of amides is 5. The number of para-hydroxylation sites is 1. The maximum Gasteiger partial charge on any atom is 0.409 e. The van der Waals surface area contributed by atoms with Crippen molar-refractivity contribution in [3.8, 4) is 11.6 Å². The summed E-state index contributed by atoms with van der Waals surface area (Å²) < 4.78 is 50.2. The largest absolute Gasteiger partial charge is 0.481 e. The van der Waals surface area contributed by atoms with Crippen molar-refractivity contribution < 1.29 is 56.5 Å². The van der Waals surface area contributed by atoms with Gasteiger partial charge in [-0.15, -0.1) is 0 Å². The molecule has 2 fully saturated rings. The predicted molar refractivity (Wildman–Crippen MR) is 171 cm³/mol. The van der Waals surface area contributed by atoms with Gasteiger partial charge in [-0.1, -0.05) is 18.2 Å². The average Bonchev–Trinajstić information content (AvgIpc) is 3.76. The molecule has 16 nitrogen and oxygen atoms in total. The van der Waals surface area contributed by atoms with E-state index in [1.165, 1.54) is 27.5 Å². The van der Waals surface area contributed by atoms with Gasteiger partial charge in [0.05, 0.1) is 12.3 Å². The van der Waals surface area contributed by atoms with Gasteiger partial charge in [-0.05, 0) is 45.2 Å². The minimum Gasteiger partial charge on any atom is -0.481 e. The number of nitrogens with one attached hydrogen (secondary N) is 2. The monoisotopic (exact) mass is 723 g/mol. The van der Waals surface area contributed by atoms with Crippen molar-refractivity contribution in [3.63, 3.8) is 0 Å². The van der Waals surface area contributed by atoms with Gasteiger partial charge in [0, 0.05) is 45.2 Å². The number of carboxylic acids is 1. The molecule has 51 heavy (non-hydrogen) atoms. The normalized spacial score (nSPS) is 17.4. The minimum absolute atomic E-state index is 0.0760. The van der Waals surface area contributed by atoms with E-state index in [1.807, 2.05) is 5.32 Å². The van der Waals surface area contributed by atoms with Gasteiger partial charge in [-0.3, -0.25) is 24.0 Å². The molecule has 2 saturated heterocycles. The van der Waals surface area contributed by atoms with Crippen molar-refractivity contribution >= 4 is 35.7 Å². The van der Waals surface area contributed by atoms with E-state index >= 15 is 0 Å². The standard InChI is InChI=1S/C32H40F3N7O9/c1-3-50-31(49)40-16-14-39(15-17-40)30(48)22(11-12-26(43)44)37-27(45)23-18-25(42(38-23)21-8-5-4-6-9-21)51-20(2)29(47)41-13-7-10-24(41)28(46)36-19-32(33,34)35/h4-6,8-9,18,20,22,24H,3,7,10-17,19H2,1-2H3,(H,36,46)(H,37,45)(H,43,44)/t20-,22?,24?/m1/s1. The van der Waals surface area contributed by atoms with E-state index in [-0.39, 0.29) is 63.7 Å². The number of ether oxygens (including phenoxy) is 2. The summed E-state index contributed by atoms with van der Waals surface area (Å²) in [6.45, 7) is 2.45. The van der Waals surface area contributed by atoms with Gasteiger partial charge >= 0.3 is 18.2 Å². The van der Waals surface area contributed by atoms with Crippen LogP contribution < -0.4 is 15.4 Å². The summed E-state index contributed by atoms with van der Waals surface area (Å²) in [6.07, 6.45) is -6.53. The lowest BCUT2D eigenvalue weighted by Crippen LogP contribution is -2.56. The number of alkyl halides is 3. The van der Waals surface area contributed by atoms with Gasteiger partial charge in [0.25, 0.3) is 11.8 Å². The molecule has 1 aromatic heterocycles. The smallest absolute Gasteiger partial charge is 0.409 e. The number of aromatic nitrogens is 2. The molecule has 0 bridgehead atoms. The van der Waals surface area contributed by atoms with Crippen LogP contribution in [-0.4, -0.2) is 136 Å². The van der Waals surface area contributed by atoms with E-state index < -0.39 is 73.0 Å². The van der Waals surface area contributed by atoms with Crippen LogP contribution in [0.3, 0.4) is 0 Å². The fourth-order valence-corrected chi connectivity index (χ4v) is 5.69. The SMILES string of the molecule is CCOC(=O)N1CCN(C(=O)C(CCC(=O)O)NC(=O)c2cc(O[C@H](C)C(=O)N3CCCC3C(=O)NCC(F)(F)F)n(-c3ccccc3)n2)CC1. The number of piperazine rings is 1. The summed E-state index contributed by atoms with van der Waals surface area (Å²) in [5, 5.41) is 18.0. The molecule has 0 radical (unpaired) electrons. The highest BCUT2D eigenvalue weighted by Crippen LogP contribution is 2.24. The topological polar surface area (TPSA) is 193 Å². The van der Waals surface area contributed by atoms with E-state index in [0.29, 0.717) is 12.1 Å². The summed E-state index contributed by atoms with van der Waals surface area (Å²) in [4.78, 5) is 80.4. The van der Waals surface area contributed by atoms with Crippen LogP contribution >= 0.6 is 0 Å². The Kier molecular flexibility index (Phi) is 12.8. The second-order valence-corrected chi connectivity index (χ2v) is 11.9. The van der Waals surface area contributed by atoms with Crippen molar-refractivity contribution in [2.45, 2.75) is 63.9 Å². The number of carboxylic acid groups (broad SMARTS) is 1. The quantitative estimate of drug-likeness (QED) is 0.273. The zero-order valence-electron chi connectivity index (χ0n) is 28.1. The Balaban J connectivity index is 1.51. The first-order valence-corrected chi connectivity index (χ1v) is 16.4. The molecule has 0 aliphatic carbocycles. The molecule has 4 rings (SSSR count). The highest BCUT2D eigenvalue weighted by molar-refractivity contribution is 5.96. The minimum atomic E-state index is -4.62. The van der Waals surface area contributed by atoms with Gasteiger partial charge in [0.2, 0.25) is 17.7 Å². The molecule has 2 aromatic rings. The van der Waals surface area contributed by atoms with Crippen molar-refractivity contribution in [1.82, 2.24) is 35.1 Å².